The number of sulfonamides is 1. The first kappa shape index (κ1) is 20.5. The molecule has 7 nitrogen and oxygen atoms in total. The van der Waals surface area contributed by atoms with Crippen molar-refractivity contribution in [2.24, 2.45) is 5.14 Å². The molecular weight excluding hydrogens is 446 g/mol. The zero-order valence-electron chi connectivity index (χ0n) is 15.5. The topological polar surface area (TPSA) is 106 Å². The second-order valence-corrected chi connectivity index (χ2v) is 8.72. The molecule has 0 unspecified atom stereocenters. The lowest BCUT2D eigenvalue weighted by Gasteiger charge is -2.22. The number of fused-ring (bicyclic) bond motifs is 1. The molecule has 3 aromatic rings. The SMILES string of the molecule is Cc1noc(N(C(=O)CCCBr)c2cccc3c(S(N)(=O)=O)cccc23)c1C. The fourth-order valence-electron chi connectivity index (χ4n) is 3.01. The van der Waals surface area contributed by atoms with Crippen LogP contribution >= 0.6 is 15.9 Å². The maximum Gasteiger partial charge on any atom is 0.241 e. The zero-order valence-corrected chi connectivity index (χ0v) is 17.9. The van der Waals surface area contributed by atoms with Gasteiger partial charge in [0.1, 0.15) is 0 Å². The van der Waals surface area contributed by atoms with E-state index >= 15 is 0 Å². The number of amides is 1. The smallest absolute Gasteiger partial charge is 0.241 e. The van der Waals surface area contributed by atoms with E-state index < -0.39 is 10.0 Å². The predicted octanol–water partition coefficient (Wildman–Crippen LogP) is 3.93. The van der Waals surface area contributed by atoms with Crippen LogP contribution in [-0.2, 0) is 14.8 Å². The molecule has 0 saturated heterocycles. The van der Waals surface area contributed by atoms with Crippen LogP contribution in [0.25, 0.3) is 10.8 Å². The quantitative estimate of drug-likeness (QED) is 0.554. The number of hydrogen-bond acceptors (Lipinski definition) is 5. The van der Waals surface area contributed by atoms with Crippen LogP contribution in [0, 0.1) is 13.8 Å². The van der Waals surface area contributed by atoms with Crippen molar-refractivity contribution in [3.8, 4) is 0 Å². The molecule has 0 radical (unpaired) electrons. The lowest BCUT2D eigenvalue weighted by Crippen LogP contribution is -2.26. The van der Waals surface area contributed by atoms with Gasteiger partial charge in [-0.15, -0.1) is 0 Å². The predicted molar refractivity (Wildman–Crippen MR) is 111 cm³/mol. The number of hydrogen-bond donors (Lipinski definition) is 1. The van der Waals surface area contributed by atoms with Gasteiger partial charge in [0.25, 0.3) is 0 Å². The first-order valence-electron chi connectivity index (χ1n) is 8.62. The average Bonchev–Trinajstić information content (AvgIpc) is 2.98. The van der Waals surface area contributed by atoms with Gasteiger partial charge in [-0.25, -0.2) is 18.5 Å². The zero-order chi connectivity index (χ0) is 20.5. The number of primary sulfonamides is 1. The van der Waals surface area contributed by atoms with Crippen molar-refractivity contribution < 1.29 is 17.7 Å². The van der Waals surface area contributed by atoms with Gasteiger partial charge < -0.3 is 4.52 Å². The summed E-state index contributed by atoms with van der Waals surface area (Å²) in [5, 5.41) is 11.0. The first-order chi connectivity index (χ1) is 13.3. The van der Waals surface area contributed by atoms with Crippen LogP contribution in [0.3, 0.4) is 0 Å². The Balaban J connectivity index is 2.27. The molecule has 28 heavy (non-hydrogen) atoms. The van der Waals surface area contributed by atoms with Gasteiger partial charge in [0.2, 0.25) is 21.8 Å². The minimum atomic E-state index is -3.92. The second kappa shape index (κ2) is 8.02. The summed E-state index contributed by atoms with van der Waals surface area (Å²) in [6.07, 6.45) is 0.935. The van der Waals surface area contributed by atoms with Crippen LogP contribution < -0.4 is 10.0 Å². The van der Waals surface area contributed by atoms with E-state index in [-0.39, 0.29) is 17.2 Å². The maximum atomic E-state index is 13.1. The number of nitrogens with two attached hydrogens (primary N) is 1. The second-order valence-electron chi connectivity index (χ2n) is 6.39. The van der Waals surface area contributed by atoms with Crippen molar-refractivity contribution in [3.05, 3.63) is 47.7 Å². The van der Waals surface area contributed by atoms with Crippen molar-refractivity contribution in [2.45, 2.75) is 31.6 Å². The van der Waals surface area contributed by atoms with Crippen LogP contribution in [-0.4, -0.2) is 24.8 Å². The van der Waals surface area contributed by atoms with Crippen LogP contribution in [0.1, 0.15) is 24.1 Å². The van der Waals surface area contributed by atoms with Gasteiger partial charge in [-0.1, -0.05) is 45.4 Å². The number of benzene rings is 2. The molecule has 0 spiro atoms. The van der Waals surface area contributed by atoms with E-state index in [2.05, 4.69) is 21.1 Å². The summed E-state index contributed by atoms with van der Waals surface area (Å²) in [7, 11) is -3.92. The summed E-state index contributed by atoms with van der Waals surface area (Å²) in [6, 6.07) is 9.91. The monoisotopic (exact) mass is 465 g/mol. The largest absolute Gasteiger partial charge is 0.337 e. The Kier molecular flexibility index (Phi) is 5.87. The van der Waals surface area contributed by atoms with Gasteiger partial charge in [0.15, 0.2) is 0 Å². The minimum absolute atomic E-state index is 0.00480. The number of aryl methyl sites for hydroxylation is 1. The fourth-order valence-corrected chi connectivity index (χ4v) is 4.04. The molecule has 3 rings (SSSR count). The third-order valence-corrected chi connectivity index (χ3v) is 6.05. The Hall–Kier alpha value is -2.23. The molecule has 0 aliphatic rings. The van der Waals surface area contributed by atoms with Crippen molar-refractivity contribution in [1.29, 1.82) is 0 Å². The van der Waals surface area contributed by atoms with Crippen molar-refractivity contribution in [2.75, 3.05) is 10.2 Å². The summed E-state index contributed by atoms with van der Waals surface area (Å²) < 4.78 is 29.4. The number of alkyl halides is 1. The van der Waals surface area contributed by atoms with Crippen LogP contribution in [0.4, 0.5) is 11.6 Å². The summed E-state index contributed by atoms with van der Waals surface area (Å²) in [5.74, 6) is 0.151. The molecular formula is C19H20BrN3O4S. The number of carbonyl (C=O) groups is 1. The van der Waals surface area contributed by atoms with Gasteiger partial charge in [0, 0.05) is 28.1 Å². The van der Waals surface area contributed by atoms with E-state index in [1.807, 2.05) is 6.92 Å². The summed E-state index contributed by atoms with van der Waals surface area (Å²) >= 11 is 3.34. The van der Waals surface area contributed by atoms with E-state index in [0.29, 0.717) is 39.8 Å². The van der Waals surface area contributed by atoms with Gasteiger partial charge in [-0.05, 0) is 32.4 Å². The Bertz CT molecular complexity index is 1140. The van der Waals surface area contributed by atoms with Gasteiger partial charge in [0.05, 0.1) is 16.3 Å². The third-order valence-electron chi connectivity index (χ3n) is 4.52. The Morgan fingerprint density at radius 1 is 1.18 bits per heavy atom. The molecule has 2 aromatic carbocycles. The molecule has 0 aliphatic heterocycles. The van der Waals surface area contributed by atoms with Gasteiger partial charge in [-0.3, -0.25) is 4.79 Å². The highest BCUT2D eigenvalue weighted by atomic mass is 79.9. The molecule has 0 bridgehead atoms. The number of nitrogens with zero attached hydrogens (tertiary/aromatic N) is 2. The fraction of sp³-hybridized carbons (Fsp3) is 0.263. The van der Waals surface area contributed by atoms with E-state index in [1.165, 1.54) is 11.0 Å². The Labute approximate surface area is 171 Å². The molecule has 1 heterocycles. The minimum Gasteiger partial charge on any atom is -0.337 e. The van der Waals surface area contributed by atoms with Crippen molar-refractivity contribution in [3.63, 3.8) is 0 Å². The van der Waals surface area contributed by atoms with E-state index in [4.69, 9.17) is 9.66 Å². The molecule has 148 valence electrons. The van der Waals surface area contributed by atoms with E-state index in [0.717, 1.165) is 5.56 Å². The summed E-state index contributed by atoms with van der Waals surface area (Å²) in [6.45, 7) is 3.62. The molecule has 2 N–H and O–H groups in total. The highest BCUT2D eigenvalue weighted by Crippen LogP contribution is 2.37. The number of halogens is 1. The Morgan fingerprint density at radius 2 is 1.86 bits per heavy atom. The lowest BCUT2D eigenvalue weighted by atomic mass is 10.1. The number of carbonyl (C=O) groups excluding carboxylic acids is 1. The van der Waals surface area contributed by atoms with Gasteiger partial charge in [-0.2, -0.15) is 0 Å². The standard InChI is InChI=1S/C19H20BrN3O4S/c1-12-13(2)22-27-19(12)23(18(24)10-5-11-20)16-8-3-7-15-14(16)6-4-9-17(15)28(21,25)26/h3-4,6-9H,5,10-11H2,1-2H3,(H2,21,25,26). The van der Waals surface area contributed by atoms with Crippen molar-refractivity contribution in [1.82, 2.24) is 5.16 Å². The third kappa shape index (κ3) is 3.82. The molecule has 0 saturated carbocycles. The van der Waals surface area contributed by atoms with E-state index in [1.54, 1.807) is 37.3 Å². The highest BCUT2D eigenvalue weighted by molar-refractivity contribution is 9.09. The highest BCUT2D eigenvalue weighted by Gasteiger charge is 2.26. The van der Waals surface area contributed by atoms with Crippen LogP contribution in [0.2, 0.25) is 0 Å². The van der Waals surface area contributed by atoms with E-state index in [9.17, 15) is 13.2 Å². The van der Waals surface area contributed by atoms with Crippen LogP contribution in [0.15, 0.2) is 45.8 Å². The van der Waals surface area contributed by atoms with Gasteiger partial charge >= 0.3 is 0 Å². The number of aromatic nitrogens is 1. The van der Waals surface area contributed by atoms with Crippen molar-refractivity contribution >= 4 is 54.2 Å². The maximum absolute atomic E-state index is 13.1. The normalized spacial score (nSPS) is 11.7. The molecule has 1 aromatic heterocycles. The average molecular weight is 466 g/mol. The lowest BCUT2D eigenvalue weighted by molar-refractivity contribution is -0.118. The number of anilines is 2. The van der Waals surface area contributed by atoms with Crippen LogP contribution in [0.5, 0.6) is 0 Å². The molecule has 1 amide bonds. The molecule has 9 heteroatoms. The molecule has 0 atom stereocenters. The molecule has 0 fully saturated rings. The Morgan fingerprint density at radius 3 is 2.46 bits per heavy atom. The summed E-state index contributed by atoms with van der Waals surface area (Å²) in [5.41, 5.74) is 1.94. The molecule has 0 aliphatic carbocycles. The summed E-state index contributed by atoms with van der Waals surface area (Å²) in [4.78, 5) is 14.5. The first-order valence-corrected chi connectivity index (χ1v) is 11.3. The number of rotatable bonds is 6.